The van der Waals surface area contributed by atoms with Gasteiger partial charge in [0, 0.05) is 5.56 Å². The van der Waals surface area contributed by atoms with Crippen molar-refractivity contribution in [2.24, 2.45) is 11.3 Å². The number of hydrogen-bond donors (Lipinski definition) is 0. The van der Waals surface area contributed by atoms with Gasteiger partial charge in [0.05, 0.1) is 6.54 Å². The second-order valence-electron chi connectivity index (χ2n) is 7.20. The van der Waals surface area contributed by atoms with E-state index in [1.165, 1.54) is 18.6 Å². The minimum atomic E-state index is -0.297. The van der Waals surface area contributed by atoms with E-state index >= 15 is 0 Å². The Morgan fingerprint density at radius 2 is 1.86 bits per heavy atom. The van der Waals surface area contributed by atoms with E-state index < -0.39 is 0 Å². The molecule has 0 saturated carbocycles. The fourth-order valence-electron chi connectivity index (χ4n) is 3.11. The second-order valence-corrected chi connectivity index (χ2v) is 7.20. The number of hydrogen-bond acceptors (Lipinski definition) is 2. The third-order valence-corrected chi connectivity index (χ3v) is 4.58. The van der Waals surface area contributed by atoms with Crippen molar-refractivity contribution in [3.8, 4) is 0 Å². The van der Waals surface area contributed by atoms with E-state index in [1.807, 2.05) is 0 Å². The molecule has 0 bridgehead atoms. The van der Waals surface area contributed by atoms with Gasteiger partial charge in [-0.25, -0.2) is 4.39 Å². The van der Waals surface area contributed by atoms with Gasteiger partial charge < -0.3 is 0 Å². The summed E-state index contributed by atoms with van der Waals surface area (Å²) in [4.78, 5) is 14.5. The number of nitrogens with zero attached hydrogens (tertiary/aromatic N) is 1. The lowest BCUT2D eigenvalue weighted by Crippen LogP contribution is -2.31. The monoisotopic (exact) mass is 291 g/mol. The Kier molecular flexibility index (Phi) is 5.15. The van der Waals surface area contributed by atoms with Gasteiger partial charge in [0.25, 0.3) is 0 Å². The van der Waals surface area contributed by atoms with E-state index in [1.54, 1.807) is 12.1 Å². The van der Waals surface area contributed by atoms with Crippen molar-refractivity contribution in [1.82, 2.24) is 4.90 Å². The maximum absolute atomic E-state index is 12.9. The highest BCUT2D eigenvalue weighted by atomic mass is 19.1. The maximum atomic E-state index is 12.9. The fraction of sp³-hybridized carbons (Fsp3) is 0.611. The van der Waals surface area contributed by atoms with Gasteiger partial charge in [-0.2, -0.15) is 0 Å². The van der Waals surface area contributed by atoms with Gasteiger partial charge in [-0.3, -0.25) is 9.69 Å². The second kappa shape index (κ2) is 6.69. The molecule has 0 aliphatic carbocycles. The molecule has 1 aromatic rings. The first-order valence-corrected chi connectivity index (χ1v) is 7.87. The number of benzene rings is 1. The van der Waals surface area contributed by atoms with Crippen LogP contribution in [0.25, 0.3) is 0 Å². The Labute approximate surface area is 127 Å². The van der Waals surface area contributed by atoms with E-state index in [0.717, 1.165) is 31.8 Å². The highest BCUT2D eigenvalue weighted by molar-refractivity contribution is 5.97. The Balaban J connectivity index is 1.91. The van der Waals surface area contributed by atoms with Gasteiger partial charge in [0.2, 0.25) is 0 Å². The van der Waals surface area contributed by atoms with E-state index in [9.17, 15) is 9.18 Å². The number of ketones is 1. The standard InChI is InChI=1S/C18H26FNO/c1-18(2,3)15-5-4-11-20(12-10-15)13-17(21)14-6-8-16(19)9-7-14/h6-9,15H,4-5,10-13H2,1-3H3. The molecule has 1 atom stereocenters. The minimum absolute atomic E-state index is 0.0872. The average Bonchev–Trinajstić information content (AvgIpc) is 2.64. The lowest BCUT2D eigenvalue weighted by atomic mass is 9.77. The molecule has 1 fully saturated rings. The molecule has 2 rings (SSSR count). The van der Waals surface area contributed by atoms with Crippen LogP contribution in [0.15, 0.2) is 24.3 Å². The molecule has 1 aliphatic heterocycles. The molecule has 1 aromatic carbocycles. The molecule has 1 aliphatic rings. The Morgan fingerprint density at radius 3 is 2.48 bits per heavy atom. The molecule has 2 nitrogen and oxygen atoms in total. The normalized spacial score (nSPS) is 21.0. The van der Waals surface area contributed by atoms with Crippen LogP contribution in [-0.4, -0.2) is 30.3 Å². The number of carbonyl (C=O) groups is 1. The topological polar surface area (TPSA) is 20.3 Å². The van der Waals surface area contributed by atoms with Crippen LogP contribution in [-0.2, 0) is 0 Å². The molecule has 1 unspecified atom stereocenters. The predicted octanol–water partition coefficient (Wildman–Crippen LogP) is 4.16. The highest BCUT2D eigenvalue weighted by Crippen LogP contribution is 2.34. The van der Waals surface area contributed by atoms with Crippen LogP contribution in [0.3, 0.4) is 0 Å². The molecular formula is C18H26FNO. The van der Waals surface area contributed by atoms with Crippen molar-refractivity contribution >= 4 is 5.78 Å². The van der Waals surface area contributed by atoms with Crippen molar-refractivity contribution in [3.05, 3.63) is 35.6 Å². The molecule has 1 saturated heterocycles. The summed E-state index contributed by atoms with van der Waals surface area (Å²) in [5, 5.41) is 0. The first kappa shape index (κ1) is 16.2. The third kappa shape index (κ3) is 4.63. The van der Waals surface area contributed by atoms with Crippen LogP contribution in [0, 0.1) is 17.2 Å². The van der Waals surface area contributed by atoms with Gasteiger partial charge in [-0.15, -0.1) is 0 Å². The molecule has 116 valence electrons. The zero-order chi connectivity index (χ0) is 15.5. The summed E-state index contributed by atoms with van der Waals surface area (Å²) in [7, 11) is 0. The maximum Gasteiger partial charge on any atom is 0.176 e. The fourth-order valence-corrected chi connectivity index (χ4v) is 3.11. The molecular weight excluding hydrogens is 265 g/mol. The van der Waals surface area contributed by atoms with E-state index in [0.29, 0.717) is 17.5 Å². The van der Waals surface area contributed by atoms with Crippen molar-refractivity contribution in [2.75, 3.05) is 19.6 Å². The largest absolute Gasteiger partial charge is 0.296 e. The number of likely N-dealkylation sites (tertiary alicyclic amines) is 1. The zero-order valence-corrected chi connectivity index (χ0v) is 13.4. The summed E-state index contributed by atoms with van der Waals surface area (Å²) in [6, 6.07) is 5.86. The van der Waals surface area contributed by atoms with Crippen LogP contribution < -0.4 is 0 Å². The summed E-state index contributed by atoms with van der Waals surface area (Å²) in [6.45, 7) is 9.32. The molecule has 0 N–H and O–H groups in total. The summed E-state index contributed by atoms with van der Waals surface area (Å²) in [5.74, 6) is 0.516. The third-order valence-electron chi connectivity index (χ3n) is 4.58. The van der Waals surface area contributed by atoms with Crippen molar-refractivity contribution in [1.29, 1.82) is 0 Å². The lowest BCUT2D eigenvalue weighted by molar-refractivity contribution is 0.0930. The smallest absolute Gasteiger partial charge is 0.176 e. The van der Waals surface area contributed by atoms with Crippen LogP contribution in [0.5, 0.6) is 0 Å². The summed E-state index contributed by atoms with van der Waals surface area (Å²) in [5.41, 5.74) is 0.949. The molecule has 0 radical (unpaired) electrons. The Bertz CT molecular complexity index is 475. The molecule has 1 heterocycles. The minimum Gasteiger partial charge on any atom is -0.296 e. The molecule has 21 heavy (non-hydrogen) atoms. The van der Waals surface area contributed by atoms with Crippen LogP contribution in [0.2, 0.25) is 0 Å². The van der Waals surface area contributed by atoms with Gasteiger partial charge in [0.1, 0.15) is 5.82 Å². The highest BCUT2D eigenvalue weighted by Gasteiger charge is 2.27. The van der Waals surface area contributed by atoms with Crippen LogP contribution >= 0.6 is 0 Å². The quantitative estimate of drug-likeness (QED) is 0.780. The van der Waals surface area contributed by atoms with E-state index in [2.05, 4.69) is 25.7 Å². The number of carbonyl (C=O) groups excluding carboxylic acids is 1. The van der Waals surface area contributed by atoms with Crippen LogP contribution in [0.1, 0.15) is 50.4 Å². The predicted molar refractivity (Wildman–Crippen MR) is 84.0 cm³/mol. The lowest BCUT2D eigenvalue weighted by Gasteiger charge is -2.29. The van der Waals surface area contributed by atoms with Crippen molar-refractivity contribution in [2.45, 2.75) is 40.0 Å². The molecule has 0 aromatic heterocycles. The van der Waals surface area contributed by atoms with Crippen molar-refractivity contribution < 1.29 is 9.18 Å². The van der Waals surface area contributed by atoms with Gasteiger partial charge in [-0.05, 0) is 68.0 Å². The molecule has 0 amide bonds. The number of rotatable bonds is 3. The first-order chi connectivity index (χ1) is 9.86. The summed E-state index contributed by atoms with van der Waals surface area (Å²) in [6.07, 6.45) is 3.55. The van der Waals surface area contributed by atoms with Crippen LogP contribution in [0.4, 0.5) is 4.39 Å². The molecule has 3 heteroatoms. The van der Waals surface area contributed by atoms with Crippen molar-refractivity contribution in [3.63, 3.8) is 0 Å². The Morgan fingerprint density at radius 1 is 1.19 bits per heavy atom. The first-order valence-electron chi connectivity index (χ1n) is 7.87. The summed E-state index contributed by atoms with van der Waals surface area (Å²) >= 11 is 0. The van der Waals surface area contributed by atoms with Gasteiger partial charge in [-0.1, -0.05) is 20.8 Å². The summed E-state index contributed by atoms with van der Waals surface area (Å²) < 4.78 is 12.9. The zero-order valence-electron chi connectivity index (χ0n) is 13.4. The SMILES string of the molecule is CC(C)(C)C1CCCN(CC(=O)c2ccc(F)cc2)CC1. The molecule has 0 spiro atoms. The number of Topliss-reactive ketones (excluding diaryl/α,β-unsaturated/α-hetero) is 1. The number of halogens is 1. The van der Waals surface area contributed by atoms with E-state index in [-0.39, 0.29) is 11.6 Å². The Hall–Kier alpha value is -1.22. The van der Waals surface area contributed by atoms with Gasteiger partial charge >= 0.3 is 0 Å². The van der Waals surface area contributed by atoms with Gasteiger partial charge in [0.15, 0.2) is 5.78 Å². The average molecular weight is 291 g/mol. The van der Waals surface area contributed by atoms with E-state index in [4.69, 9.17) is 0 Å².